The maximum atomic E-state index is 9.50. The molecule has 1 aliphatic rings. The van der Waals surface area contributed by atoms with Gasteiger partial charge in [-0.15, -0.1) is 0 Å². The van der Waals surface area contributed by atoms with Crippen molar-refractivity contribution in [2.45, 2.75) is 31.7 Å². The van der Waals surface area contributed by atoms with Crippen LogP contribution in [0.3, 0.4) is 0 Å². The van der Waals surface area contributed by atoms with Crippen LogP contribution in [0, 0.1) is 16.7 Å². The molecule has 0 amide bonds. The lowest BCUT2D eigenvalue weighted by atomic mass is 10.1. The average molecular weight is 431 g/mol. The summed E-state index contributed by atoms with van der Waals surface area (Å²) in [6, 6.07) is 8.25. The maximum Gasteiger partial charge on any atom is 0.231 e. The van der Waals surface area contributed by atoms with Gasteiger partial charge in [0.15, 0.2) is 0 Å². The van der Waals surface area contributed by atoms with Gasteiger partial charge >= 0.3 is 0 Å². The Morgan fingerprint density at radius 3 is 2.81 bits per heavy atom. The number of aromatic amines is 1. The van der Waals surface area contributed by atoms with Gasteiger partial charge in [0, 0.05) is 36.8 Å². The van der Waals surface area contributed by atoms with Crippen LogP contribution in [0.5, 0.6) is 5.75 Å². The molecule has 0 bridgehead atoms. The Morgan fingerprint density at radius 1 is 1.31 bits per heavy atom. The maximum absolute atomic E-state index is 9.50. The van der Waals surface area contributed by atoms with Crippen LogP contribution in [0.2, 0.25) is 0 Å². The first-order chi connectivity index (χ1) is 15.7. The average Bonchev–Trinajstić information content (AvgIpc) is 3.47. The van der Waals surface area contributed by atoms with E-state index in [1.165, 1.54) is 19.1 Å². The number of fused-ring (bicyclic) bond motifs is 1. The number of rotatable bonds is 8. The van der Waals surface area contributed by atoms with Crippen LogP contribution in [0.1, 0.15) is 36.8 Å². The van der Waals surface area contributed by atoms with E-state index >= 15 is 0 Å². The number of hydrogen-bond donors (Lipinski definition) is 5. The van der Waals surface area contributed by atoms with Gasteiger partial charge in [-0.1, -0.05) is 18.9 Å². The van der Waals surface area contributed by atoms with Crippen LogP contribution in [-0.4, -0.2) is 41.4 Å². The second-order valence-corrected chi connectivity index (χ2v) is 7.60. The molecule has 1 aromatic carbocycles. The summed E-state index contributed by atoms with van der Waals surface area (Å²) in [7, 11) is 3.41. The highest BCUT2D eigenvalue weighted by atomic mass is 16.5. The number of ether oxygens (including phenoxy) is 1. The SMILES string of the molecule is CN/C(=C\C=N)c1ccc(Nc2nc(NC3CCCC3)c3c(C#N)c[nH]c3n2)c(OC)c1. The smallest absolute Gasteiger partial charge is 0.231 e. The molecule has 1 fully saturated rings. The fourth-order valence-corrected chi connectivity index (χ4v) is 4.03. The molecule has 0 radical (unpaired) electrons. The second kappa shape index (κ2) is 9.39. The van der Waals surface area contributed by atoms with E-state index in [4.69, 9.17) is 15.1 Å². The van der Waals surface area contributed by atoms with E-state index in [0.29, 0.717) is 45.8 Å². The van der Waals surface area contributed by atoms with Crippen molar-refractivity contribution in [3.63, 3.8) is 0 Å². The lowest BCUT2D eigenvalue weighted by Gasteiger charge is -2.16. The molecule has 9 heteroatoms. The molecule has 0 aliphatic heterocycles. The van der Waals surface area contributed by atoms with Crippen LogP contribution in [0.25, 0.3) is 16.7 Å². The molecule has 32 heavy (non-hydrogen) atoms. The topological polar surface area (TPSA) is 135 Å². The molecule has 2 heterocycles. The summed E-state index contributed by atoms with van der Waals surface area (Å²) in [5, 5.41) is 27.4. The van der Waals surface area contributed by atoms with Crippen molar-refractivity contribution in [2.75, 3.05) is 24.8 Å². The first-order valence-electron chi connectivity index (χ1n) is 10.6. The number of allylic oxidation sites excluding steroid dienone is 1. The highest BCUT2D eigenvalue weighted by Gasteiger charge is 2.20. The summed E-state index contributed by atoms with van der Waals surface area (Å²) < 4.78 is 5.58. The minimum atomic E-state index is 0.344. The van der Waals surface area contributed by atoms with Gasteiger partial charge < -0.3 is 31.1 Å². The number of hydrogen-bond acceptors (Lipinski definition) is 8. The summed E-state index contributed by atoms with van der Waals surface area (Å²) in [5.74, 6) is 1.68. The number of nitriles is 1. The molecule has 0 unspecified atom stereocenters. The molecule has 3 aromatic rings. The molecule has 1 aliphatic carbocycles. The fraction of sp³-hybridized carbons (Fsp3) is 0.304. The van der Waals surface area contributed by atoms with E-state index in [2.05, 4.69) is 32.0 Å². The number of nitrogens with zero attached hydrogens (tertiary/aromatic N) is 3. The molecule has 5 N–H and O–H groups in total. The van der Waals surface area contributed by atoms with Gasteiger partial charge in [-0.2, -0.15) is 15.2 Å². The number of anilines is 3. The van der Waals surface area contributed by atoms with Gasteiger partial charge in [-0.05, 0) is 31.1 Å². The predicted octanol–water partition coefficient (Wildman–Crippen LogP) is 4.15. The van der Waals surface area contributed by atoms with E-state index < -0.39 is 0 Å². The van der Waals surface area contributed by atoms with Crippen molar-refractivity contribution in [2.24, 2.45) is 0 Å². The summed E-state index contributed by atoms with van der Waals surface area (Å²) >= 11 is 0. The van der Waals surface area contributed by atoms with Crippen LogP contribution >= 0.6 is 0 Å². The quantitative estimate of drug-likeness (QED) is 0.339. The Morgan fingerprint density at radius 2 is 2.12 bits per heavy atom. The summed E-state index contributed by atoms with van der Waals surface area (Å²) in [5.41, 5.74) is 3.52. The molecule has 0 spiro atoms. The Bertz CT molecular complexity index is 1200. The molecule has 0 atom stereocenters. The monoisotopic (exact) mass is 430 g/mol. The largest absolute Gasteiger partial charge is 0.495 e. The number of methoxy groups -OCH3 is 1. The van der Waals surface area contributed by atoms with Crippen molar-refractivity contribution in [1.82, 2.24) is 20.3 Å². The van der Waals surface area contributed by atoms with Crippen LogP contribution in [0.15, 0.2) is 30.5 Å². The molecular formula is C23H26N8O. The van der Waals surface area contributed by atoms with Gasteiger partial charge in [0.2, 0.25) is 5.95 Å². The second-order valence-electron chi connectivity index (χ2n) is 7.60. The lowest BCUT2D eigenvalue weighted by Crippen LogP contribution is -2.16. The molecule has 164 valence electrons. The summed E-state index contributed by atoms with van der Waals surface area (Å²) in [6.45, 7) is 0. The van der Waals surface area contributed by atoms with Crippen molar-refractivity contribution in [3.8, 4) is 11.8 Å². The van der Waals surface area contributed by atoms with E-state index in [1.807, 2.05) is 25.2 Å². The van der Waals surface area contributed by atoms with Gasteiger partial charge in [0.1, 0.15) is 23.3 Å². The summed E-state index contributed by atoms with van der Waals surface area (Å²) in [6.07, 6.45) is 9.14. The number of aromatic nitrogens is 3. The van der Waals surface area contributed by atoms with Gasteiger partial charge in [-0.25, -0.2) is 0 Å². The Hall–Kier alpha value is -4.06. The standard InChI is InChI=1S/C23H26N8O/c1-26-17(9-10-24)14-7-8-18(19(11-14)32-2)29-23-30-21-20(15(12-25)13-27-21)22(31-23)28-16-5-3-4-6-16/h7-11,13,16,24,26H,3-6H2,1-2H3,(H3,27,28,29,30,31)/b17-9-,24-10?. The molecule has 9 nitrogen and oxygen atoms in total. The van der Waals surface area contributed by atoms with E-state index in [-0.39, 0.29) is 0 Å². The van der Waals surface area contributed by atoms with Crippen molar-refractivity contribution >= 4 is 40.4 Å². The molecular weight excluding hydrogens is 404 g/mol. The first-order valence-corrected chi connectivity index (χ1v) is 10.6. The van der Waals surface area contributed by atoms with Crippen molar-refractivity contribution < 1.29 is 4.74 Å². The van der Waals surface area contributed by atoms with Crippen LogP contribution in [0.4, 0.5) is 17.5 Å². The van der Waals surface area contributed by atoms with Crippen LogP contribution in [-0.2, 0) is 0 Å². The van der Waals surface area contributed by atoms with Gasteiger partial charge in [-0.3, -0.25) is 0 Å². The zero-order valence-corrected chi connectivity index (χ0v) is 18.1. The number of H-pyrrole nitrogens is 1. The predicted molar refractivity (Wildman–Crippen MR) is 127 cm³/mol. The molecule has 1 saturated carbocycles. The normalized spacial score (nSPS) is 14.2. The van der Waals surface area contributed by atoms with Crippen molar-refractivity contribution in [1.29, 1.82) is 10.7 Å². The summed E-state index contributed by atoms with van der Waals surface area (Å²) in [4.78, 5) is 12.4. The Balaban J connectivity index is 1.70. The van der Waals surface area contributed by atoms with Gasteiger partial charge in [0.05, 0.1) is 23.7 Å². The molecule has 0 saturated heterocycles. The highest BCUT2D eigenvalue weighted by molar-refractivity contribution is 5.94. The zero-order chi connectivity index (χ0) is 22.5. The van der Waals surface area contributed by atoms with Crippen molar-refractivity contribution in [3.05, 3.63) is 41.6 Å². The molecule has 4 rings (SSSR count). The fourth-order valence-electron chi connectivity index (χ4n) is 4.03. The van der Waals surface area contributed by atoms with Crippen LogP contribution < -0.4 is 20.7 Å². The van der Waals surface area contributed by atoms with E-state index in [1.54, 1.807) is 19.4 Å². The molecule has 2 aromatic heterocycles. The van der Waals surface area contributed by atoms with Gasteiger partial charge in [0.25, 0.3) is 0 Å². The minimum Gasteiger partial charge on any atom is -0.495 e. The third kappa shape index (κ3) is 4.21. The Kier molecular flexibility index (Phi) is 6.22. The number of nitrogens with one attached hydrogen (secondary N) is 5. The Labute approximate surface area is 186 Å². The zero-order valence-electron chi connectivity index (χ0n) is 18.1. The van der Waals surface area contributed by atoms with E-state index in [9.17, 15) is 5.26 Å². The lowest BCUT2D eigenvalue weighted by molar-refractivity contribution is 0.416. The third-order valence-corrected chi connectivity index (χ3v) is 5.63. The minimum absolute atomic E-state index is 0.344. The number of benzene rings is 1. The van der Waals surface area contributed by atoms with E-state index in [0.717, 1.165) is 24.1 Å². The third-order valence-electron chi connectivity index (χ3n) is 5.63. The first kappa shape index (κ1) is 21.2. The highest BCUT2D eigenvalue weighted by Crippen LogP contribution is 2.33.